The summed E-state index contributed by atoms with van der Waals surface area (Å²) >= 11 is 0. The van der Waals surface area contributed by atoms with E-state index in [0.29, 0.717) is 19.0 Å². The molecule has 1 fully saturated rings. The molecule has 3 rings (SSSR count). The SMILES string of the molecule is C[C@H](NC(=O)c1cc(S(=O)(=O)N2CCOCC2)ccc1F)c1ccco1. The molecule has 0 saturated carbocycles. The van der Waals surface area contributed by atoms with Gasteiger partial charge in [0.1, 0.15) is 11.6 Å². The summed E-state index contributed by atoms with van der Waals surface area (Å²) in [7, 11) is -3.82. The van der Waals surface area contributed by atoms with E-state index >= 15 is 0 Å². The van der Waals surface area contributed by atoms with Crippen molar-refractivity contribution in [1.29, 1.82) is 0 Å². The lowest BCUT2D eigenvalue weighted by Crippen LogP contribution is -2.40. The molecule has 9 heteroatoms. The summed E-state index contributed by atoms with van der Waals surface area (Å²) in [6, 6.07) is 6.07. The first kappa shape index (κ1) is 18.6. The number of furan rings is 1. The van der Waals surface area contributed by atoms with Gasteiger partial charge in [-0.1, -0.05) is 0 Å². The molecule has 1 aromatic carbocycles. The maximum atomic E-state index is 14.1. The van der Waals surface area contributed by atoms with Crippen LogP contribution in [0.25, 0.3) is 0 Å². The third-order valence-corrected chi connectivity index (χ3v) is 6.00. The zero-order valence-corrected chi connectivity index (χ0v) is 15.0. The monoisotopic (exact) mass is 382 g/mol. The fourth-order valence-corrected chi connectivity index (χ4v) is 4.09. The molecular formula is C17H19FN2O5S. The van der Waals surface area contributed by atoms with Gasteiger partial charge >= 0.3 is 0 Å². The third-order valence-electron chi connectivity index (χ3n) is 4.11. The van der Waals surface area contributed by atoms with E-state index in [9.17, 15) is 17.6 Å². The van der Waals surface area contributed by atoms with Crippen LogP contribution in [0.4, 0.5) is 4.39 Å². The average molecular weight is 382 g/mol. The lowest BCUT2D eigenvalue weighted by molar-refractivity contribution is 0.0730. The van der Waals surface area contributed by atoms with Gasteiger partial charge in [-0.2, -0.15) is 4.31 Å². The van der Waals surface area contributed by atoms with Gasteiger partial charge in [0, 0.05) is 13.1 Å². The molecule has 7 nitrogen and oxygen atoms in total. The number of hydrogen-bond donors (Lipinski definition) is 1. The fraction of sp³-hybridized carbons (Fsp3) is 0.353. The van der Waals surface area contributed by atoms with E-state index in [4.69, 9.17) is 9.15 Å². The van der Waals surface area contributed by atoms with Gasteiger partial charge in [0.15, 0.2) is 0 Å². The van der Waals surface area contributed by atoms with E-state index in [1.54, 1.807) is 19.1 Å². The molecule has 1 N–H and O–H groups in total. The zero-order chi connectivity index (χ0) is 18.7. The van der Waals surface area contributed by atoms with Crippen molar-refractivity contribution < 1.29 is 26.8 Å². The van der Waals surface area contributed by atoms with Gasteiger partial charge in [0.25, 0.3) is 5.91 Å². The highest BCUT2D eigenvalue weighted by Gasteiger charge is 2.28. The van der Waals surface area contributed by atoms with Crippen molar-refractivity contribution >= 4 is 15.9 Å². The van der Waals surface area contributed by atoms with Crippen molar-refractivity contribution in [2.45, 2.75) is 17.9 Å². The molecule has 0 unspecified atom stereocenters. The molecular weight excluding hydrogens is 363 g/mol. The number of rotatable bonds is 5. The molecule has 2 aromatic rings. The molecule has 0 radical (unpaired) electrons. The van der Waals surface area contributed by atoms with Gasteiger partial charge < -0.3 is 14.5 Å². The van der Waals surface area contributed by atoms with Crippen molar-refractivity contribution in [2.75, 3.05) is 26.3 Å². The number of halogens is 1. The van der Waals surface area contributed by atoms with Crippen LogP contribution < -0.4 is 5.32 Å². The van der Waals surface area contributed by atoms with Gasteiger partial charge in [-0.15, -0.1) is 0 Å². The first-order chi connectivity index (χ1) is 12.4. The largest absolute Gasteiger partial charge is 0.467 e. The number of nitrogens with one attached hydrogen (secondary N) is 1. The van der Waals surface area contributed by atoms with Crippen molar-refractivity contribution in [3.05, 3.63) is 53.7 Å². The highest BCUT2D eigenvalue weighted by molar-refractivity contribution is 7.89. The molecule has 1 aliphatic rings. The van der Waals surface area contributed by atoms with Crippen LogP contribution in [0.5, 0.6) is 0 Å². The molecule has 1 atom stereocenters. The normalized spacial score (nSPS) is 17.0. The minimum atomic E-state index is -3.82. The summed E-state index contributed by atoms with van der Waals surface area (Å²) in [6.45, 7) is 2.72. The predicted octanol–water partition coefficient (Wildman–Crippen LogP) is 1.93. The van der Waals surface area contributed by atoms with Gasteiger partial charge in [-0.05, 0) is 37.3 Å². The lowest BCUT2D eigenvalue weighted by atomic mass is 10.1. The molecule has 1 aliphatic heterocycles. The van der Waals surface area contributed by atoms with E-state index in [1.807, 2.05) is 0 Å². The summed E-state index contributed by atoms with van der Waals surface area (Å²) in [4.78, 5) is 12.3. The van der Waals surface area contributed by atoms with E-state index in [1.165, 1.54) is 10.6 Å². The van der Waals surface area contributed by atoms with Crippen molar-refractivity contribution in [2.24, 2.45) is 0 Å². The van der Waals surface area contributed by atoms with Crippen LogP contribution in [-0.2, 0) is 14.8 Å². The molecule has 0 bridgehead atoms. The Hall–Kier alpha value is -2.23. The molecule has 0 spiro atoms. The lowest BCUT2D eigenvalue weighted by Gasteiger charge is -2.26. The number of hydrogen-bond acceptors (Lipinski definition) is 5. The second kappa shape index (κ2) is 7.56. The molecule has 0 aliphatic carbocycles. The van der Waals surface area contributed by atoms with Crippen LogP contribution in [-0.4, -0.2) is 44.9 Å². The number of ether oxygens (including phenoxy) is 1. The number of nitrogens with zero attached hydrogens (tertiary/aromatic N) is 1. The number of carbonyl (C=O) groups is 1. The van der Waals surface area contributed by atoms with Gasteiger partial charge in [-0.3, -0.25) is 4.79 Å². The number of sulfonamides is 1. The first-order valence-corrected chi connectivity index (χ1v) is 9.55. The molecule has 2 heterocycles. The third kappa shape index (κ3) is 3.79. The maximum absolute atomic E-state index is 14.1. The van der Waals surface area contributed by atoms with Crippen LogP contribution in [0.2, 0.25) is 0 Å². The highest BCUT2D eigenvalue weighted by Crippen LogP contribution is 2.21. The predicted molar refractivity (Wildman–Crippen MR) is 90.6 cm³/mol. The van der Waals surface area contributed by atoms with Crippen molar-refractivity contribution in [3.8, 4) is 0 Å². The minimum Gasteiger partial charge on any atom is -0.467 e. The Morgan fingerprint density at radius 3 is 2.65 bits per heavy atom. The van der Waals surface area contributed by atoms with E-state index in [-0.39, 0.29) is 23.5 Å². The van der Waals surface area contributed by atoms with E-state index in [0.717, 1.165) is 18.2 Å². The van der Waals surface area contributed by atoms with E-state index < -0.39 is 27.8 Å². The summed E-state index contributed by atoms with van der Waals surface area (Å²) < 4.78 is 51.1. The maximum Gasteiger partial charge on any atom is 0.254 e. The second-order valence-electron chi connectivity index (χ2n) is 5.87. The minimum absolute atomic E-state index is 0.128. The Morgan fingerprint density at radius 1 is 1.27 bits per heavy atom. The summed E-state index contributed by atoms with van der Waals surface area (Å²) in [5.74, 6) is -1.00. The van der Waals surface area contributed by atoms with Crippen LogP contribution in [0.15, 0.2) is 45.9 Å². The van der Waals surface area contributed by atoms with Crippen molar-refractivity contribution in [1.82, 2.24) is 9.62 Å². The topological polar surface area (TPSA) is 88.9 Å². The summed E-state index contributed by atoms with van der Waals surface area (Å²) in [5.41, 5.74) is -0.335. The van der Waals surface area contributed by atoms with E-state index in [2.05, 4.69) is 5.32 Å². The highest BCUT2D eigenvalue weighted by atomic mass is 32.2. The second-order valence-corrected chi connectivity index (χ2v) is 7.81. The molecule has 1 saturated heterocycles. The summed E-state index contributed by atoms with van der Waals surface area (Å²) in [6.07, 6.45) is 1.47. The Labute approximate surface area is 150 Å². The molecule has 1 amide bonds. The Balaban J connectivity index is 1.84. The van der Waals surface area contributed by atoms with Crippen molar-refractivity contribution in [3.63, 3.8) is 0 Å². The molecule has 26 heavy (non-hydrogen) atoms. The zero-order valence-electron chi connectivity index (χ0n) is 14.1. The molecule has 1 aromatic heterocycles. The number of carbonyl (C=O) groups excluding carboxylic acids is 1. The first-order valence-electron chi connectivity index (χ1n) is 8.11. The number of benzene rings is 1. The number of amides is 1. The van der Waals surface area contributed by atoms with Gasteiger partial charge in [-0.25, -0.2) is 12.8 Å². The van der Waals surface area contributed by atoms with Crippen LogP contribution in [0.1, 0.15) is 29.1 Å². The average Bonchev–Trinajstić information content (AvgIpc) is 3.17. The van der Waals surface area contributed by atoms with Gasteiger partial charge in [0.2, 0.25) is 10.0 Å². The number of morpholine rings is 1. The summed E-state index contributed by atoms with van der Waals surface area (Å²) in [5, 5.41) is 2.60. The smallest absolute Gasteiger partial charge is 0.254 e. The standard InChI is InChI=1S/C17H19FN2O5S/c1-12(16-3-2-8-25-16)19-17(21)14-11-13(4-5-15(14)18)26(22,23)20-6-9-24-10-7-20/h2-5,8,11-12H,6-7,9-10H2,1H3,(H,19,21)/t12-/m0/s1. The Bertz CT molecular complexity index is 877. The Morgan fingerprint density at radius 2 is 2.00 bits per heavy atom. The Kier molecular flexibility index (Phi) is 5.40. The quantitative estimate of drug-likeness (QED) is 0.854. The van der Waals surface area contributed by atoms with Crippen LogP contribution >= 0.6 is 0 Å². The van der Waals surface area contributed by atoms with Crippen LogP contribution in [0.3, 0.4) is 0 Å². The van der Waals surface area contributed by atoms with Crippen LogP contribution in [0, 0.1) is 5.82 Å². The fourth-order valence-electron chi connectivity index (χ4n) is 2.66. The van der Waals surface area contributed by atoms with Gasteiger partial charge in [0.05, 0.1) is 36.0 Å². The molecule has 140 valence electrons.